The van der Waals surface area contributed by atoms with E-state index in [4.69, 9.17) is 17.3 Å². The number of rotatable bonds is 4. The summed E-state index contributed by atoms with van der Waals surface area (Å²) in [7, 11) is 5.62. The largest absolute Gasteiger partial charge is 0.368 e. The lowest BCUT2D eigenvalue weighted by Crippen LogP contribution is -2.26. The highest BCUT2D eigenvalue weighted by atomic mass is 35.5. The van der Waals surface area contributed by atoms with Crippen molar-refractivity contribution in [1.82, 2.24) is 15.0 Å². The maximum Gasteiger partial charge on any atom is 0.232 e. The molecule has 0 amide bonds. The minimum absolute atomic E-state index is 0.00973. The monoisotopic (exact) mass is 306 g/mol. The summed E-state index contributed by atoms with van der Waals surface area (Å²) in [5, 5.41) is 0.715. The summed E-state index contributed by atoms with van der Waals surface area (Å²) < 4.78 is 0. The van der Waals surface area contributed by atoms with E-state index in [1.54, 1.807) is 4.90 Å². The van der Waals surface area contributed by atoms with E-state index in [1.165, 1.54) is 0 Å². The van der Waals surface area contributed by atoms with Crippen molar-refractivity contribution < 1.29 is 0 Å². The lowest BCUT2D eigenvalue weighted by Gasteiger charge is -2.26. The van der Waals surface area contributed by atoms with Gasteiger partial charge in [0.1, 0.15) is 0 Å². The molecular weight excluding hydrogens is 288 g/mol. The Kier molecular flexibility index (Phi) is 4.47. The third-order valence-electron chi connectivity index (χ3n) is 3.28. The molecule has 2 N–H and O–H groups in total. The molecule has 112 valence electrons. The molecule has 1 atom stereocenters. The van der Waals surface area contributed by atoms with Crippen LogP contribution in [0.2, 0.25) is 5.02 Å². The first-order chi connectivity index (χ1) is 9.90. The highest BCUT2D eigenvalue weighted by molar-refractivity contribution is 6.31. The van der Waals surface area contributed by atoms with Gasteiger partial charge in [0.25, 0.3) is 0 Å². The van der Waals surface area contributed by atoms with Crippen molar-refractivity contribution in [3.8, 4) is 0 Å². The van der Waals surface area contributed by atoms with E-state index in [-0.39, 0.29) is 12.0 Å². The second kappa shape index (κ2) is 6.13. The zero-order chi connectivity index (χ0) is 15.6. The number of nitrogen functional groups attached to an aromatic ring is 1. The molecule has 0 aliphatic rings. The van der Waals surface area contributed by atoms with Gasteiger partial charge in [-0.3, -0.25) is 0 Å². The molecule has 2 aromatic rings. The fraction of sp³-hybridized carbons (Fsp3) is 0.357. The molecule has 1 aromatic heterocycles. The standard InChI is InChI=1S/C14H19ClN6/c1-9(10-7-5-6-8-11(10)15)21(4)14-18-12(16)17-13(19-14)20(2)3/h5-9H,1-4H3,(H2,16,17,18,19). The number of hydrogen-bond donors (Lipinski definition) is 1. The molecule has 0 saturated heterocycles. The Hall–Kier alpha value is -2.08. The van der Waals surface area contributed by atoms with Gasteiger partial charge in [-0.25, -0.2) is 0 Å². The van der Waals surface area contributed by atoms with Gasteiger partial charge in [-0.2, -0.15) is 15.0 Å². The minimum Gasteiger partial charge on any atom is -0.368 e. The summed E-state index contributed by atoms with van der Waals surface area (Å²) in [6, 6.07) is 7.73. The van der Waals surface area contributed by atoms with Crippen LogP contribution < -0.4 is 15.5 Å². The topological polar surface area (TPSA) is 71.2 Å². The summed E-state index contributed by atoms with van der Waals surface area (Å²) >= 11 is 6.25. The molecule has 0 radical (unpaired) electrons. The molecule has 0 saturated carbocycles. The molecule has 21 heavy (non-hydrogen) atoms. The van der Waals surface area contributed by atoms with Crippen molar-refractivity contribution in [1.29, 1.82) is 0 Å². The van der Waals surface area contributed by atoms with Gasteiger partial charge in [0.05, 0.1) is 6.04 Å². The van der Waals surface area contributed by atoms with Crippen LogP contribution in [0.4, 0.5) is 17.8 Å². The van der Waals surface area contributed by atoms with Crippen molar-refractivity contribution in [3.63, 3.8) is 0 Å². The van der Waals surface area contributed by atoms with Gasteiger partial charge >= 0.3 is 0 Å². The Balaban J connectivity index is 2.35. The van der Waals surface area contributed by atoms with Crippen LogP contribution in [0.5, 0.6) is 0 Å². The van der Waals surface area contributed by atoms with Gasteiger partial charge < -0.3 is 15.5 Å². The summed E-state index contributed by atoms with van der Waals surface area (Å²) in [4.78, 5) is 16.4. The Morgan fingerprint density at radius 2 is 1.67 bits per heavy atom. The van der Waals surface area contributed by atoms with Crippen LogP contribution in [0.3, 0.4) is 0 Å². The van der Waals surface area contributed by atoms with Gasteiger partial charge in [-0.15, -0.1) is 0 Å². The van der Waals surface area contributed by atoms with Gasteiger partial charge in [-0.05, 0) is 18.6 Å². The predicted octanol–water partition coefficient (Wildman–Crippen LogP) is 2.37. The molecule has 7 heteroatoms. The van der Waals surface area contributed by atoms with Gasteiger partial charge in [0, 0.05) is 26.2 Å². The summed E-state index contributed by atoms with van der Waals surface area (Å²) in [5.41, 5.74) is 6.77. The highest BCUT2D eigenvalue weighted by Gasteiger charge is 2.18. The van der Waals surface area contributed by atoms with Crippen LogP contribution in [0.1, 0.15) is 18.5 Å². The first-order valence-electron chi connectivity index (χ1n) is 6.56. The molecule has 0 spiro atoms. The molecule has 1 heterocycles. The average molecular weight is 307 g/mol. The van der Waals surface area contributed by atoms with Crippen molar-refractivity contribution in [2.45, 2.75) is 13.0 Å². The number of nitrogens with zero attached hydrogens (tertiary/aromatic N) is 5. The number of nitrogens with two attached hydrogens (primary N) is 1. The smallest absolute Gasteiger partial charge is 0.232 e. The summed E-state index contributed by atoms with van der Waals surface area (Å²) in [6.07, 6.45) is 0. The summed E-state index contributed by atoms with van der Waals surface area (Å²) in [6.45, 7) is 2.04. The van der Waals surface area contributed by atoms with Crippen LogP contribution >= 0.6 is 11.6 Å². The average Bonchev–Trinajstić information content (AvgIpc) is 2.45. The molecule has 0 bridgehead atoms. The van der Waals surface area contributed by atoms with Crippen LogP contribution in [-0.2, 0) is 0 Å². The molecule has 0 aliphatic carbocycles. The lowest BCUT2D eigenvalue weighted by atomic mass is 10.1. The van der Waals surface area contributed by atoms with E-state index < -0.39 is 0 Å². The van der Waals surface area contributed by atoms with E-state index in [0.717, 1.165) is 5.56 Å². The van der Waals surface area contributed by atoms with Crippen LogP contribution in [0, 0.1) is 0 Å². The Bertz CT molecular complexity index is 631. The lowest BCUT2D eigenvalue weighted by molar-refractivity contribution is 0.712. The van der Waals surface area contributed by atoms with E-state index in [1.807, 2.05) is 57.2 Å². The fourth-order valence-corrected chi connectivity index (χ4v) is 2.22. The molecular formula is C14H19ClN6. The van der Waals surface area contributed by atoms with Crippen LogP contribution in [-0.4, -0.2) is 36.1 Å². The highest BCUT2D eigenvalue weighted by Crippen LogP contribution is 2.28. The third-order valence-corrected chi connectivity index (χ3v) is 3.63. The molecule has 6 nitrogen and oxygen atoms in total. The predicted molar refractivity (Wildman–Crippen MR) is 86.8 cm³/mol. The van der Waals surface area contributed by atoms with E-state index in [2.05, 4.69) is 15.0 Å². The quantitative estimate of drug-likeness (QED) is 0.935. The minimum atomic E-state index is 0.00973. The van der Waals surface area contributed by atoms with Gasteiger partial charge in [0.2, 0.25) is 17.8 Å². The second-order valence-electron chi connectivity index (χ2n) is 5.00. The first kappa shape index (κ1) is 15.3. The normalized spacial score (nSPS) is 12.0. The third kappa shape index (κ3) is 3.33. The number of aromatic nitrogens is 3. The molecule has 0 fully saturated rings. The second-order valence-corrected chi connectivity index (χ2v) is 5.40. The van der Waals surface area contributed by atoms with Crippen molar-refractivity contribution >= 4 is 29.4 Å². The SMILES string of the molecule is CC(c1ccccc1Cl)N(C)c1nc(N)nc(N(C)C)n1. The molecule has 1 unspecified atom stereocenters. The molecule has 2 rings (SSSR count). The Morgan fingerprint density at radius 3 is 2.29 bits per heavy atom. The van der Waals surface area contributed by atoms with E-state index >= 15 is 0 Å². The van der Waals surface area contributed by atoms with Crippen molar-refractivity contribution in [3.05, 3.63) is 34.9 Å². The molecule has 1 aromatic carbocycles. The van der Waals surface area contributed by atoms with E-state index in [0.29, 0.717) is 16.9 Å². The Morgan fingerprint density at radius 1 is 1.05 bits per heavy atom. The zero-order valence-corrected chi connectivity index (χ0v) is 13.3. The summed E-state index contributed by atoms with van der Waals surface area (Å²) in [5.74, 6) is 1.23. The number of anilines is 3. The number of halogens is 1. The fourth-order valence-electron chi connectivity index (χ4n) is 1.92. The van der Waals surface area contributed by atoms with Crippen LogP contribution in [0.15, 0.2) is 24.3 Å². The van der Waals surface area contributed by atoms with Crippen LogP contribution in [0.25, 0.3) is 0 Å². The van der Waals surface area contributed by atoms with Gasteiger partial charge in [0.15, 0.2) is 0 Å². The maximum absolute atomic E-state index is 6.25. The maximum atomic E-state index is 6.25. The number of hydrogen-bond acceptors (Lipinski definition) is 6. The van der Waals surface area contributed by atoms with Crippen molar-refractivity contribution in [2.75, 3.05) is 36.7 Å². The Labute approximate surface area is 129 Å². The number of benzene rings is 1. The molecule has 0 aliphatic heterocycles. The van der Waals surface area contributed by atoms with E-state index in [9.17, 15) is 0 Å². The van der Waals surface area contributed by atoms with Gasteiger partial charge in [-0.1, -0.05) is 29.8 Å². The van der Waals surface area contributed by atoms with Crippen molar-refractivity contribution in [2.24, 2.45) is 0 Å². The zero-order valence-electron chi connectivity index (χ0n) is 12.6. The first-order valence-corrected chi connectivity index (χ1v) is 6.94.